The fourth-order valence-electron chi connectivity index (χ4n) is 3.97. The number of ketones is 1. The van der Waals surface area contributed by atoms with Crippen LogP contribution in [0.3, 0.4) is 0 Å². The van der Waals surface area contributed by atoms with Gasteiger partial charge in [0, 0.05) is 11.1 Å². The average molecular weight is 453 g/mol. The van der Waals surface area contributed by atoms with Crippen LogP contribution in [0.5, 0.6) is 17.2 Å². The molecule has 0 aliphatic rings. The number of rotatable bonds is 7. The Hall–Kier alpha value is -3.59. The van der Waals surface area contributed by atoms with Crippen molar-refractivity contribution in [2.24, 2.45) is 5.92 Å². The second kappa shape index (κ2) is 9.72. The first-order valence-electron chi connectivity index (χ1n) is 11.8. The first kappa shape index (κ1) is 23.6. The third kappa shape index (κ3) is 6.05. The van der Waals surface area contributed by atoms with Crippen molar-refractivity contribution >= 4 is 16.6 Å². The molecule has 4 aromatic rings. The van der Waals surface area contributed by atoms with Crippen molar-refractivity contribution < 1.29 is 14.3 Å². The van der Waals surface area contributed by atoms with Gasteiger partial charge in [-0.25, -0.2) is 0 Å². The second-order valence-electron chi connectivity index (χ2n) is 10.1. The molecule has 0 unspecified atom stereocenters. The van der Waals surface area contributed by atoms with Crippen molar-refractivity contribution in [3.8, 4) is 17.2 Å². The summed E-state index contributed by atoms with van der Waals surface area (Å²) in [6.45, 7) is 10.5. The highest BCUT2D eigenvalue weighted by Gasteiger charge is 2.13. The summed E-state index contributed by atoms with van der Waals surface area (Å²) < 4.78 is 12.1. The van der Waals surface area contributed by atoms with Crippen LogP contribution < -0.4 is 9.47 Å². The van der Waals surface area contributed by atoms with E-state index in [2.05, 4.69) is 26.0 Å². The van der Waals surface area contributed by atoms with Gasteiger partial charge in [0.25, 0.3) is 0 Å². The summed E-state index contributed by atoms with van der Waals surface area (Å²) in [5.41, 5.74) is 2.30. The smallest absolute Gasteiger partial charge is 0.193 e. The number of ether oxygens (including phenoxy) is 2. The molecular weight excluding hydrogens is 420 g/mol. The molecule has 0 aliphatic carbocycles. The van der Waals surface area contributed by atoms with Crippen molar-refractivity contribution in [2.45, 2.75) is 46.6 Å². The third-order valence-electron chi connectivity index (χ3n) is 5.39. The predicted molar refractivity (Wildman–Crippen MR) is 139 cm³/mol. The molecule has 3 nitrogen and oxygen atoms in total. The maximum Gasteiger partial charge on any atom is 0.193 e. The molecule has 0 saturated heterocycles. The lowest BCUT2D eigenvalue weighted by atomic mass is 9.97. The molecule has 0 bridgehead atoms. The number of carbonyl (C=O) groups is 1. The third-order valence-corrected chi connectivity index (χ3v) is 5.39. The summed E-state index contributed by atoms with van der Waals surface area (Å²) in [6, 6.07) is 27.3. The van der Waals surface area contributed by atoms with E-state index in [-0.39, 0.29) is 11.4 Å². The lowest BCUT2D eigenvalue weighted by Gasteiger charge is -2.21. The highest BCUT2D eigenvalue weighted by atomic mass is 16.5. The van der Waals surface area contributed by atoms with E-state index in [0.29, 0.717) is 17.2 Å². The minimum atomic E-state index is -0.253. The minimum Gasteiger partial charge on any atom is -0.488 e. The van der Waals surface area contributed by atoms with Gasteiger partial charge in [-0.1, -0.05) is 44.2 Å². The van der Waals surface area contributed by atoms with E-state index >= 15 is 0 Å². The van der Waals surface area contributed by atoms with E-state index in [4.69, 9.17) is 9.47 Å². The van der Waals surface area contributed by atoms with Crippen LogP contribution in [0.1, 0.15) is 56.1 Å². The standard InChI is InChI=1S/C31H32O3/c1-21(2)17-22-7-6-8-25(18-22)30(32)24-11-13-27(14-12-24)33-28-15-9-23-10-16-29(20-26(23)19-28)34-31(3,4)5/h6-16,18-21H,17H2,1-5H3. The quantitative estimate of drug-likeness (QED) is 0.265. The van der Waals surface area contributed by atoms with E-state index < -0.39 is 0 Å². The molecule has 0 heterocycles. The number of hydrogen-bond donors (Lipinski definition) is 0. The van der Waals surface area contributed by atoms with Gasteiger partial charge in [0.2, 0.25) is 0 Å². The largest absolute Gasteiger partial charge is 0.488 e. The molecule has 174 valence electrons. The zero-order chi connectivity index (χ0) is 24.3. The van der Waals surface area contributed by atoms with Crippen LogP contribution in [0.4, 0.5) is 0 Å². The molecule has 0 fully saturated rings. The van der Waals surface area contributed by atoms with E-state index in [1.807, 2.05) is 93.6 Å². The normalized spacial score (nSPS) is 11.6. The minimum absolute atomic E-state index is 0.0224. The zero-order valence-corrected chi connectivity index (χ0v) is 20.6. The van der Waals surface area contributed by atoms with Crippen LogP contribution in [-0.4, -0.2) is 11.4 Å². The lowest BCUT2D eigenvalue weighted by Crippen LogP contribution is -2.22. The van der Waals surface area contributed by atoms with Gasteiger partial charge in [-0.3, -0.25) is 4.79 Å². The van der Waals surface area contributed by atoms with Gasteiger partial charge in [0.05, 0.1) is 0 Å². The van der Waals surface area contributed by atoms with Gasteiger partial charge in [-0.15, -0.1) is 0 Å². The van der Waals surface area contributed by atoms with E-state index in [1.165, 1.54) is 5.56 Å². The molecular formula is C31H32O3. The zero-order valence-electron chi connectivity index (χ0n) is 20.6. The molecule has 0 amide bonds. The summed E-state index contributed by atoms with van der Waals surface area (Å²) in [5, 5.41) is 2.17. The Bertz CT molecular complexity index is 1290. The van der Waals surface area contributed by atoms with Gasteiger partial charge >= 0.3 is 0 Å². The molecule has 0 N–H and O–H groups in total. The summed E-state index contributed by atoms with van der Waals surface area (Å²) in [4.78, 5) is 13.0. The maximum atomic E-state index is 13.0. The van der Waals surface area contributed by atoms with Crippen molar-refractivity contribution in [1.29, 1.82) is 0 Å². The topological polar surface area (TPSA) is 35.5 Å². The number of fused-ring (bicyclic) bond motifs is 1. The highest BCUT2D eigenvalue weighted by molar-refractivity contribution is 6.09. The van der Waals surface area contributed by atoms with Crippen LogP contribution in [-0.2, 0) is 6.42 Å². The maximum absolute atomic E-state index is 13.0. The van der Waals surface area contributed by atoms with Crippen LogP contribution in [0, 0.1) is 5.92 Å². The Labute approximate surface area is 202 Å². The van der Waals surface area contributed by atoms with Crippen molar-refractivity contribution in [3.05, 3.63) is 102 Å². The molecule has 0 spiro atoms. The Morgan fingerprint density at radius 1 is 0.735 bits per heavy atom. The second-order valence-corrected chi connectivity index (χ2v) is 10.1. The van der Waals surface area contributed by atoms with Gasteiger partial charge < -0.3 is 9.47 Å². The van der Waals surface area contributed by atoms with Gasteiger partial charge in [-0.05, 0) is 104 Å². The first-order chi connectivity index (χ1) is 16.2. The summed E-state index contributed by atoms with van der Waals surface area (Å²) in [6.07, 6.45) is 0.962. The molecule has 0 saturated carbocycles. The molecule has 34 heavy (non-hydrogen) atoms. The number of hydrogen-bond acceptors (Lipinski definition) is 3. The molecule has 0 aromatic heterocycles. The Kier molecular flexibility index (Phi) is 6.74. The van der Waals surface area contributed by atoms with Crippen LogP contribution >= 0.6 is 0 Å². The monoisotopic (exact) mass is 452 g/mol. The summed E-state index contributed by atoms with van der Waals surface area (Å²) >= 11 is 0. The molecule has 4 aromatic carbocycles. The van der Waals surface area contributed by atoms with Crippen molar-refractivity contribution in [1.82, 2.24) is 0 Å². The fraction of sp³-hybridized carbons (Fsp3) is 0.258. The predicted octanol–water partition coefficient (Wildman–Crippen LogP) is 8.24. The number of benzene rings is 4. The van der Waals surface area contributed by atoms with Gasteiger partial charge in [0.1, 0.15) is 22.8 Å². The van der Waals surface area contributed by atoms with E-state index in [9.17, 15) is 4.79 Å². The van der Waals surface area contributed by atoms with E-state index in [0.717, 1.165) is 34.3 Å². The van der Waals surface area contributed by atoms with Crippen molar-refractivity contribution in [3.63, 3.8) is 0 Å². The fourth-order valence-corrected chi connectivity index (χ4v) is 3.97. The Morgan fingerprint density at radius 2 is 1.38 bits per heavy atom. The van der Waals surface area contributed by atoms with Crippen LogP contribution in [0.15, 0.2) is 84.9 Å². The molecule has 3 heteroatoms. The number of carbonyl (C=O) groups excluding carboxylic acids is 1. The van der Waals surface area contributed by atoms with Gasteiger partial charge in [0.15, 0.2) is 5.78 Å². The lowest BCUT2D eigenvalue weighted by molar-refractivity contribution is 0.103. The summed E-state index contributed by atoms with van der Waals surface area (Å²) in [5.74, 6) is 2.83. The highest BCUT2D eigenvalue weighted by Crippen LogP contribution is 2.29. The van der Waals surface area contributed by atoms with E-state index in [1.54, 1.807) is 0 Å². The molecule has 4 rings (SSSR count). The first-order valence-corrected chi connectivity index (χ1v) is 11.8. The SMILES string of the molecule is CC(C)Cc1cccc(C(=O)c2ccc(Oc3ccc4ccc(OC(C)(C)C)cc4c3)cc2)c1. The van der Waals surface area contributed by atoms with Gasteiger partial charge in [-0.2, -0.15) is 0 Å². The Morgan fingerprint density at radius 3 is 2.06 bits per heavy atom. The Balaban J connectivity index is 1.49. The van der Waals surface area contributed by atoms with Crippen molar-refractivity contribution in [2.75, 3.05) is 0 Å². The van der Waals surface area contributed by atoms with Crippen LogP contribution in [0.2, 0.25) is 0 Å². The molecule has 0 aliphatic heterocycles. The molecule has 0 atom stereocenters. The molecule has 0 radical (unpaired) electrons. The summed E-state index contributed by atoms with van der Waals surface area (Å²) in [7, 11) is 0. The van der Waals surface area contributed by atoms with Crippen LogP contribution in [0.25, 0.3) is 10.8 Å². The average Bonchev–Trinajstić information content (AvgIpc) is 2.77.